The molecule has 0 radical (unpaired) electrons. The van der Waals surface area contributed by atoms with E-state index in [1.54, 1.807) is 6.07 Å². The Balaban J connectivity index is 2.83. The molecule has 0 aliphatic heterocycles. The maximum atomic E-state index is 9.67. The van der Waals surface area contributed by atoms with Crippen LogP contribution in [0.2, 0.25) is 0 Å². The molecule has 0 saturated carbocycles. The summed E-state index contributed by atoms with van der Waals surface area (Å²) in [5.74, 6) is 1.24. The predicted molar refractivity (Wildman–Crippen MR) is 59.4 cm³/mol. The molecule has 3 N–H and O–H groups in total. The number of phenolic OH excluding ortho intramolecular Hbond substituents is 1. The molecule has 0 saturated heterocycles. The van der Waals surface area contributed by atoms with Crippen molar-refractivity contribution in [3.63, 3.8) is 0 Å². The molecule has 0 aromatic heterocycles. The van der Waals surface area contributed by atoms with Gasteiger partial charge in [0.1, 0.15) is 5.75 Å². The Morgan fingerprint density at radius 2 is 1.93 bits per heavy atom. The molecule has 0 fully saturated rings. The van der Waals surface area contributed by atoms with Crippen LogP contribution >= 0.6 is 0 Å². The van der Waals surface area contributed by atoms with Crippen LogP contribution in [0, 0.1) is 5.92 Å². The Hall–Kier alpha value is -1.02. The molecule has 0 heterocycles. The largest absolute Gasteiger partial charge is 0.508 e. The second kappa shape index (κ2) is 5.01. The number of hydrogen-bond acceptors (Lipinski definition) is 2. The standard InChI is InChI=1S/C12H19NO/c1-9(2)7-10(8-13)11-5-3-4-6-12(11)14/h3-6,9-10,14H,7-8,13H2,1-2H3. The lowest BCUT2D eigenvalue weighted by molar-refractivity contribution is 0.443. The second-order valence-corrected chi connectivity index (χ2v) is 4.12. The van der Waals surface area contributed by atoms with E-state index in [0.29, 0.717) is 18.2 Å². The van der Waals surface area contributed by atoms with Crippen LogP contribution < -0.4 is 5.73 Å². The highest BCUT2D eigenvalue weighted by Crippen LogP contribution is 2.29. The summed E-state index contributed by atoms with van der Waals surface area (Å²) >= 11 is 0. The van der Waals surface area contributed by atoms with E-state index in [1.165, 1.54) is 0 Å². The molecule has 0 aliphatic rings. The molecular formula is C12H19NO. The molecule has 0 bridgehead atoms. The van der Waals surface area contributed by atoms with Crippen molar-refractivity contribution in [3.8, 4) is 5.75 Å². The van der Waals surface area contributed by atoms with Crippen LogP contribution in [0.1, 0.15) is 31.7 Å². The highest BCUT2D eigenvalue weighted by molar-refractivity contribution is 5.35. The number of hydrogen-bond donors (Lipinski definition) is 2. The van der Waals surface area contributed by atoms with E-state index in [9.17, 15) is 5.11 Å². The SMILES string of the molecule is CC(C)CC(CN)c1ccccc1O. The zero-order valence-electron chi connectivity index (χ0n) is 8.90. The van der Waals surface area contributed by atoms with Gasteiger partial charge in [-0.1, -0.05) is 32.0 Å². The number of para-hydroxylation sites is 1. The first-order valence-corrected chi connectivity index (χ1v) is 5.13. The van der Waals surface area contributed by atoms with Crippen LogP contribution in [0.4, 0.5) is 0 Å². The molecule has 78 valence electrons. The van der Waals surface area contributed by atoms with Gasteiger partial charge in [0.15, 0.2) is 0 Å². The number of phenols is 1. The minimum absolute atomic E-state index is 0.274. The smallest absolute Gasteiger partial charge is 0.119 e. The first-order chi connectivity index (χ1) is 6.65. The van der Waals surface area contributed by atoms with Crippen molar-refractivity contribution in [2.75, 3.05) is 6.54 Å². The lowest BCUT2D eigenvalue weighted by Crippen LogP contribution is -2.14. The summed E-state index contributed by atoms with van der Waals surface area (Å²) in [5.41, 5.74) is 6.69. The third kappa shape index (κ3) is 2.74. The van der Waals surface area contributed by atoms with Gasteiger partial charge < -0.3 is 10.8 Å². The van der Waals surface area contributed by atoms with Crippen molar-refractivity contribution in [2.45, 2.75) is 26.2 Å². The van der Waals surface area contributed by atoms with Crippen LogP contribution in [0.25, 0.3) is 0 Å². The van der Waals surface area contributed by atoms with Gasteiger partial charge in [-0.2, -0.15) is 0 Å². The second-order valence-electron chi connectivity index (χ2n) is 4.12. The maximum absolute atomic E-state index is 9.67. The van der Waals surface area contributed by atoms with E-state index >= 15 is 0 Å². The molecule has 2 heteroatoms. The molecule has 0 aliphatic carbocycles. The Labute approximate surface area is 85.8 Å². The summed E-state index contributed by atoms with van der Waals surface area (Å²) in [7, 11) is 0. The van der Waals surface area contributed by atoms with E-state index in [-0.39, 0.29) is 5.92 Å². The van der Waals surface area contributed by atoms with Crippen molar-refractivity contribution < 1.29 is 5.11 Å². The molecule has 1 unspecified atom stereocenters. The fourth-order valence-electron chi connectivity index (χ4n) is 1.75. The Morgan fingerprint density at radius 3 is 2.43 bits per heavy atom. The van der Waals surface area contributed by atoms with E-state index in [1.807, 2.05) is 18.2 Å². The number of nitrogens with two attached hydrogens (primary N) is 1. The summed E-state index contributed by atoms with van der Waals surface area (Å²) in [5, 5.41) is 9.67. The van der Waals surface area contributed by atoms with Crippen LogP contribution in [-0.2, 0) is 0 Å². The van der Waals surface area contributed by atoms with E-state index in [4.69, 9.17) is 5.73 Å². The summed E-state index contributed by atoms with van der Waals surface area (Å²) in [6, 6.07) is 7.45. The van der Waals surface area contributed by atoms with Gasteiger partial charge in [0.05, 0.1) is 0 Å². The monoisotopic (exact) mass is 193 g/mol. The maximum Gasteiger partial charge on any atom is 0.119 e. The van der Waals surface area contributed by atoms with Gasteiger partial charge in [0.25, 0.3) is 0 Å². The van der Waals surface area contributed by atoms with Gasteiger partial charge in [-0.05, 0) is 30.5 Å². The molecule has 2 nitrogen and oxygen atoms in total. The third-order valence-electron chi connectivity index (χ3n) is 2.42. The van der Waals surface area contributed by atoms with Gasteiger partial charge in [0.2, 0.25) is 0 Å². The zero-order valence-corrected chi connectivity index (χ0v) is 8.90. The fraction of sp³-hybridized carbons (Fsp3) is 0.500. The molecule has 0 spiro atoms. The Bertz CT molecular complexity index is 283. The van der Waals surface area contributed by atoms with Crippen LogP contribution in [-0.4, -0.2) is 11.7 Å². The van der Waals surface area contributed by atoms with E-state index in [0.717, 1.165) is 12.0 Å². The van der Waals surface area contributed by atoms with Gasteiger partial charge in [-0.15, -0.1) is 0 Å². The zero-order chi connectivity index (χ0) is 10.6. The quantitative estimate of drug-likeness (QED) is 0.771. The summed E-state index contributed by atoms with van der Waals surface area (Å²) in [6.45, 7) is 4.93. The van der Waals surface area contributed by atoms with Crippen LogP contribution in [0.5, 0.6) is 5.75 Å². The van der Waals surface area contributed by atoms with Crippen molar-refractivity contribution in [3.05, 3.63) is 29.8 Å². The molecule has 1 aromatic rings. The first kappa shape index (κ1) is 11.1. The van der Waals surface area contributed by atoms with Crippen LogP contribution in [0.3, 0.4) is 0 Å². The fourth-order valence-corrected chi connectivity index (χ4v) is 1.75. The summed E-state index contributed by atoms with van der Waals surface area (Å²) < 4.78 is 0. The Kier molecular flexibility index (Phi) is 3.96. The first-order valence-electron chi connectivity index (χ1n) is 5.13. The average Bonchev–Trinajstić information content (AvgIpc) is 2.15. The molecule has 1 rings (SSSR count). The minimum atomic E-state index is 0.274. The van der Waals surface area contributed by atoms with Gasteiger partial charge in [-0.25, -0.2) is 0 Å². The van der Waals surface area contributed by atoms with Gasteiger partial charge in [0, 0.05) is 5.92 Å². The molecular weight excluding hydrogens is 174 g/mol. The molecule has 14 heavy (non-hydrogen) atoms. The summed E-state index contributed by atoms with van der Waals surface area (Å²) in [4.78, 5) is 0. The Morgan fingerprint density at radius 1 is 1.29 bits per heavy atom. The van der Waals surface area contributed by atoms with Gasteiger partial charge in [-0.3, -0.25) is 0 Å². The third-order valence-corrected chi connectivity index (χ3v) is 2.42. The van der Waals surface area contributed by atoms with Gasteiger partial charge >= 0.3 is 0 Å². The molecule has 0 amide bonds. The molecule has 1 atom stereocenters. The van der Waals surface area contributed by atoms with Crippen molar-refractivity contribution in [1.82, 2.24) is 0 Å². The molecule has 1 aromatic carbocycles. The van der Waals surface area contributed by atoms with Crippen molar-refractivity contribution in [1.29, 1.82) is 0 Å². The number of benzene rings is 1. The average molecular weight is 193 g/mol. The van der Waals surface area contributed by atoms with E-state index in [2.05, 4.69) is 13.8 Å². The summed E-state index contributed by atoms with van der Waals surface area (Å²) in [6.07, 6.45) is 1.02. The highest BCUT2D eigenvalue weighted by Gasteiger charge is 2.14. The number of aromatic hydroxyl groups is 1. The van der Waals surface area contributed by atoms with Crippen LogP contribution in [0.15, 0.2) is 24.3 Å². The highest BCUT2D eigenvalue weighted by atomic mass is 16.3. The minimum Gasteiger partial charge on any atom is -0.508 e. The number of rotatable bonds is 4. The normalized spacial score (nSPS) is 13.1. The lowest BCUT2D eigenvalue weighted by Gasteiger charge is -2.18. The lowest BCUT2D eigenvalue weighted by atomic mass is 9.90. The van der Waals surface area contributed by atoms with Crippen molar-refractivity contribution in [2.24, 2.45) is 11.7 Å². The topological polar surface area (TPSA) is 46.2 Å². The van der Waals surface area contributed by atoms with Crippen molar-refractivity contribution >= 4 is 0 Å². The van der Waals surface area contributed by atoms with E-state index < -0.39 is 0 Å². The predicted octanol–water partition coefficient (Wildman–Crippen LogP) is 2.48.